The van der Waals surface area contributed by atoms with Crippen molar-refractivity contribution in [3.8, 4) is 23.7 Å². The second-order valence-corrected chi connectivity index (χ2v) is 6.26. The van der Waals surface area contributed by atoms with Crippen molar-refractivity contribution < 1.29 is 20.1 Å². The van der Waals surface area contributed by atoms with Gasteiger partial charge in [-0.25, -0.2) is 0 Å². The summed E-state index contributed by atoms with van der Waals surface area (Å²) in [6.45, 7) is 0. The summed E-state index contributed by atoms with van der Waals surface area (Å²) in [6.07, 6.45) is 12.7. The SMILES string of the molecule is O=C(O)CCC[C@@H](O)C#C/C=C/C=C/[C@H](O)CC#CC1CCCCC1. The van der Waals surface area contributed by atoms with Crippen molar-refractivity contribution >= 4 is 5.97 Å². The maximum absolute atomic E-state index is 10.3. The summed E-state index contributed by atoms with van der Waals surface area (Å²) in [7, 11) is 0. The lowest BCUT2D eigenvalue weighted by molar-refractivity contribution is -0.137. The van der Waals surface area contributed by atoms with Gasteiger partial charge in [0.15, 0.2) is 0 Å². The van der Waals surface area contributed by atoms with Gasteiger partial charge >= 0.3 is 5.97 Å². The molecule has 0 bridgehead atoms. The predicted molar refractivity (Wildman–Crippen MR) is 98.5 cm³/mol. The molecule has 3 N–H and O–H groups in total. The Kier molecular flexibility index (Phi) is 11.2. The van der Waals surface area contributed by atoms with Crippen molar-refractivity contribution in [2.45, 2.75) is 70.0 Å². The van der Waals surface area contributed by atoms with Crippen molar-refractivity contribution in [3.05, 3.63) is 24.3 Å². The zero-order valence-corrected chi connectivity index (χ0v) is 14.7. The van der Waals surface area contributed by atoms with Crippen LogP contribution in [-0.4, -0.2) is 33.5 Å². The van der Waals surface area contributed by atoms with Gasteiger partial charge in [-0.15, -0.1) is 0 Å². The molecule has 0 radical (unpaired) electrons. The molecule has 1 saturated carbocycles. The molecule has 2 atom stereocenters. The molecule has 0 amide bonds. The molecule has 0 unspecified atom stereocenters. The van der Waals surface area contributed by atoms with Gasteiger partial charge in [-0.1, -0.05) is 61.2 Å². The number of hydrogen-bond donors (Lipinski definition) is 3. The standard InChI is InChI=1S/C21H28O4/c22-19(15-8-12-18-10-4-3-5-11-18)13-6-1-2-7-14-20(23)16-9-17-21(24)25/h1-2,6,13,18-20,22-23H,3-5,9-11,15-17H2,(H,24,25)/b2-1+,13-6+/t19-,20-/m0/s1. The van der Waals surface area contributed by atoms with Crippen LogP contribution in [0, 0.1) is 29.6 Å². The maximum Gasteiger partial charge on any atom is 0.303 e. The van der Waals surface area contributed by atoms with E-state index in [9.17, 15) is 15.0 Å². The minimum Gasteiger partial charge on any atom is -0.481 e. The third-order valence-corrected chi connectivity index (χ3v) is 3.96. The van der Waals surface area contributed by atoms with Gasteiger partial charge in [0, 0.05) is 18.8 Å². The summed E-state index contributed by atoms with van der Waals surface area (Å²) in [5.74, 6) is 11.3. The van der Waals surface area contributed by atoms with E-state index in [0.717, 1.165) is 0 Å². The minimum atomic E-state index is -0.868. The molecule has 1 aliphatic rings. The van der Waals surface area contributed by atoms with E-state index in [2.05, 4.69) is 23.7 Å². The Morgan fingerprint density at radius 1 is 1.16 bits per heavy atom. The first-order valence-electron chi connectivity index (χ1n) is 8.98. The van der Waals surface area contributed by atoms with Gasteiger partial charge in [-0.3, -0.25) is 4.79 Å². The Labute approximate surface area is 150 Å². The lowest BCUT2D eigenvalue weighted by Gasteiger charge is -2.15. The van der Waals surface area contributed by atoms with Crippen LogP contribution in [0.3, 0.4) is 0 Å². The molecule has 1 rings (SSSR count). The summed E-state index contributed by atoms with van der Waals surface area (Å²) in [5, 5.41) is 27.9. The van der Waals surface area contributed by atoms with E-state index in [1.807, 2.05) is 0 Å². The Hall–Kier alpha value is -2.01. The van der Waals surface area contributed by atoms with Crippen LogP contribution in [-0.2, 0) is 4.79 Å². The number of aliphatic hydroxyl groups excluding tert-OH is 2. The van der Waals surface area contributed by atoms with Crippen LogP contribution in [0.4, 0.5) is 0 Å². The molecule has 1 fully saturated rings. The zero-order valence-electron chi connectivity index (χ0n) is 14.7. The van der Waals surface area contributed by atoms with Gasteiger partial charge < -0.3 is 15.3 Å². The lowest BCUT2D eigenvalue weighted by Crippen LogP contribution is -2.04. The van der Waals surface area contributed by atoms with Gasteiger partial charge in [0.25, 0.3) is 0 Å². The van der Waals surface area contributed by atoms with Crippen molar-refractivity contribution in [1.82, 2.24) is 0 Å². The topological polar surface area (TPSA) is 77.8 Å². The van der Waals surface area contributed by atoms with E-state index in [4.69, 9.17) is 5.11 Å². The molecule has 0 aromatic rings. The van der Waals surface area contributed by atoms with Crippen molar-refractivity contribution in [1.29, 1.82) is 0 Å². The van der Waals surface area contributed by atoms with E-state index in [-0.39, 0.29) is 6.42 Å². The monoisotopic (exact) mass is 344 g/mol. The quantitative estimate of drug-likeness (QED) is 0.490. The Bertz CT molecular complexity index is 562. The average Bonchev–Trinajstić information content (AvgIpc) is 2.58. The summed E-state index contributed by atoms with van der Waals surface area (Å²) in [5.41, 5.74) is 0. The molecule has 0 aliphatic heterocycles. The number of carboxylic acids is 1. The fraction of sp³-hybridized carbons (Fsp3) is 0.571. The van der Waals surface area contributed by atoms with Crippen LogP contribution < -0.4 is 0 Å². The average molecular weight is 344 g/mol. The summed E-state index contributed by atoms with van der Waals surface area (Å²) in [4.78, 5) is 10.3. The first-order valence-corrected chi connectivity index (χ1v) is 8.98. The number of hydrogen-bond acceptors (Lipinski definition) is 3. The molecule has 0 saturated heterocycles. The fourth-order valence-electron chi connectivity index (χ4n) is 2.58. The summed E-state index contributed by atoms with van der Waals surface area (Å²) < 4.78 is 0. The van der Waals surface area contributed by atoms with E-state index in [1.54, 1.807) is 24.3 Å². The highest BCUT2D eigenvalue weighted by atomic mass is 16.4. The van der Waals surface area contributed by atoms with Crippen LogP contribution >= 0.6 is 0 Å². The molecule has 4 heteroatoms. The van der Waals surface area contributed by atoms with Crippen LogP contribution in [0.15, 0.2) is 24.3 Å². The first kappa shape index (κ1) is 21.0. The molecule has 0 spiro atoms. The number of carboxylic acid groups (broad SMARTS) is 1. The van der Waals surface area contributed by atoms with E-state index >= 15 is 0 Å². The van der Waals surface area contributed by atoms with Crippen LogP contribution in [0.25, 0.3) is 0 Å². The van der Waals surface area contributed by atoms with Gasteiger partial charge in [0.2, 0.25) is 0 Å². The van der Waals surface area contributed by atoms with Crippen LogP contribution in [0.1, 0.15) is 57.8 Å². The van der Waals surface area contributed by atoms with Crippen LogP contribution in [0.2, 0.25) is 0 Å². The third kappa shape index (κ3) is 12.1. The second kappa shape index (κ2) is 13.3. The molecule has 4 nitrogen and oxygen atoms in total. The van der Waals surface area contributed by atoms with Gasteiger partial charge in [-0.2, -0.15) is 0 Å². The van der Waals surface area contributed by atoms with Crippen molar-refractivity contribution in [3.63, 3.8) is 0 Å². The smallest absolute Gasteiger partial charge is 0.303 e. The van der Waals surface area contributed by atoms with E-state index in [1.165, 1.54) is 32.1 Å². The summed E-state index contributed by atoms with van der Waals surface area (Å²) in [6, 6.07) is 0. The highest BCUT2D eigenvalue weighted by Crippen LogP contribution is 2.22. The van der Waals surface area contributed by atoms with Gasteiger partial charge in [0.1, 0.15) is 6.10 Å². The predicted octanol–water partition coefficient (Wildman–Crippen LogP) is 3.05. The molecule has 0 aromatic heterocycles. The Balaban J connectivity index is 2.20. The molecule has 1 aliphatic carbocycles. The van der Waals surface area contributed by atoms with E-state index < -0.39 is 18.2 Å². The van der Waals surface area contributed by atoms with Crippen LogP contribution in [0.5, 0.6) is 0 Å². The molecule has 0 aromatic carbocycles. The Morgan fingerprint density at radius 2 is 1.92 bits per heavy atom. The molecular formula is C21H28O4. The second-order valence-electron chi connectivity index (χ2n) is 6.26. The number of allylic oxidation sites excluding steroid dienone is 3. The molecule has 0 heterocycles. The number of aliphatic hydroxyl groups is 2. The summed E-state index contributed by atoms with van der Waals surface area (Å²) >= 11 is 0. The lowest BCUT2D eigenvalue weighted by atomic mass is 9.90. The van der Waals surface area contributed by atoms with Crippen molar-refractivity contribution in [2.24, 2.45) is 5.92 Å². The fourth-order valence-corrected chi connectivity index (χ4v) is 2.58. The largest absolute Gasteiger partial charge is 0.481 e. The van der Waals surface area contributed by atoms with Gasteiger partial charge in [-0.05, 0) is 31.8 Å². The minimum absolute atomic E-state index is 0.0405. The first-order chi connectivity index (χ1) is 12.1. The Morgan fingerprint density at radius 3 is 2.64 bits per heavy atom. The molecule has 25 heavy (non-hydrogen) atoms. The number of aliphatic carboxylic acids is 1. The molecular weight excluding hydrogens is 316 g/mol. The number of rotatable bonds is 7. The zero-order chi connectivity index (χ0) is 18.3. The highest BCUT2D eigenvalue weighted by Gasteiger charge is 2.09. The van der Waals surface area contributed by atoms with Gasteiger partial charge in [0.05, 0.1) is 6.10 Å². The van der Waals surface area contributed by atoms with E-state index in [0.29, 0.717) is 25.2 Å². The third-order valence-electron chi connectivity index (χ3n) is 3.96. The normalized spacial score (nSPS) is 17.5. The number of carbonyl (C=O) groups is 1. The molecule has 136 valence electrons. The van der Waals surface area contributed by atoms with Crippen molar-refractivity contribution in [2.75, 3.05) is 0 Å². The highest BCUT2D eigenvalue weighted by molar-refractivity contribution is 5.66. The maximum atomic E-state index is 10.3.